The molecule has 1 saturated heterocycles. The zero-order chi connectivity index (χ0) is 20.4. The van der Waals surface area contributed by atoms with Crippen molar-refractivity contribution in [1.82, 2.24) is 0 Å². The van der Waals surface area contributed by atoms with Gasteiger partial charge in [-0.1, -0.05) is 4.85 Å². The molecule has 8 atom stereocenters. The number of carbonyl (C=O) groups excluding carboxylic acids is 1. The molecule has 2 aliphatic rings. The number of aliphatic hydroxyl groups excluding tert-OH is 2. The summed E-state index contributed by atoms with van der Waals surface area (Å²) >= 11 is 0. The van der Waals surface area contributed by atoms with Crippen LogP contribution in [-0.4, -0.2) is 58.5 Å². The second kappa shape index (κ2) is 8.87. The molecular weight excluding hydrogens is 350 g/mol. The Balaban J connectivity index is 1.88. The van der Waals surface area contributed by atoms with E-state index in [-0.39, 0.29) is 36.4 Å². The summed E-state index contributed by atoms with van der Waals surface area (Å²) in [5.41, 5.74) is -0.543. The Bertz CT molecular complexity index is 554. The van der Waals surface area contributed by atoms with Crippen molar-refractivity contribution in [3.63, 3.8) is 0 Å². The highest BCUT2D eigenvalue weighted by molar-refractivity contribution is 5.74. The predicted octanol–water partition coefficient (Wildman–Crippen LogP) is 2.34. The van der Waals surface area contributed by atoms with Crippen LogP contribution in [0.15, 0.2) is 0 Å². The Morgan fingerprint density at radius 1 is 1.26 bits per heavy atom. The third-order valence-corrected chi connectivity index (χ3v) is 5.16. The first-order chi connectivity index (χ1) is 12.5. The summed E-state index contributed by atoms with van der Waals surface area (Å²) in [7, 11) is 0. The van der Waals surface area contributed by atoms with Crippen molar-refractivity contribution in [2.75, 3.05) is 0 Å². The molecule has 2 fully saturated rings. The fraction of sp³-hybridized carbons (Fsp3) is 0.900. The van der Waals surface area contributed by atoms with Gasteiger partial charge in [0.25, 0.3) is 12.6 Å². The Kier molecular flexibility index (Phi) is 7.26. The normalized spacial score (nSPS) is 35.8. The van der Waals surface area contributed by atoms with E-state index in [1.54, 1.807) is 6.92 Å². The first kappa shape index (κ1) is 22.1. The van der Waals surface area contributed by atoms with Gasteiger partial charge in [-0.2, -0.15) is 0 Å². The number of nitrogens with zero attached hydrogens (tertiary/aromatic N) is 1. The topological polar surface area (TPSA) is 89.6 Å². The highest BCUT2D eigenvalue weighted by atomic mass is 16.7. The molecule has 1 saturated carbocycles. The minimum atomic E-state index is -0.871. The molecule has 1 heterocycles. The van der Waals surface area contributed by atoms with Gasteiger partial charge >= 0.3 is 5.97 Å². The maximum absolute atomic E-state index is 12.6. The van der Waals surface area contributed by atoms with E-state index in [9.17, 15) is 15.0 Å². The maximum Gasteiger partial charge on any atom is 0.310 e. The van der Waals surface area contributed by atoms with E-state index >= 15 is 0 Å². The Morgan fingerprint density at radius 2 is 1.93 bits per heavy atom. The number of rotatable bonds is 7. The molecule has 27 heavy (non-hydrogen) atoms. The average molecular weight is 384 g/mol. The lowest BCUT2D eigenvalue weighted by Crippen LogP contribution is -2.48. The van der Waals surface area contributed by atoms with Crippen LogP contribution in [0.4, 0.5) is 0 Å². The molecule has 0 amide bonds. The Morgan fingerprint density at radius 3 is 2.48 bits per heavy atom. The van der Waals surface area contributed by atoms with E-state index in [2.05, 4.69) is 4.85 Å². The minimum Gasteiger partial charge on any atom is -0.460 e. The van der Waals surface area contributed by atoms with E-state index in [0.29, 0.717) is 12.8 Å². The first-order valence-electron chi connectivity index (χ1n) is 9.81. The predicted molar refractivity (Wildman–Crippen MR) is 100 cm³/mol. The lowest BCUT2D eigenvalue weighted by molar-refractivity contribution is -0.273. The molecule has 1 aliphatic heterocycles. The van der Waals surface area contributed by atoms with E-state index in [1.165, 1.54) is 0 Å². The van der Waals surface area contributed by atoms with E-state index in [1.807, 2.05) is 27.7 Å². The van der Waals surface area contributed by atoms with Crippen LogP contribution in [0, 0.1) is 18.4 Å². The van der Waals surface area contributed by atoms with Gasteiger partial charge in [-0.25, -0.2) is 0 Å². The van der Waals surface area contributed by atoms with Gasteiger partial charge in [0.15, 0.2) is 6.29 Å². The van der Waals surface area contributed by atoms with Gasteiger partial charge < -0.3 is 24.4 Å². The van der Waals surface area contributed by atoms with Gasteiger partial charge in [-0.15, -0.1) is 0 Å². The lowest BCUT2D eigenvalue weighted by atomic mass is 9.95. The van der Waals surface area contributed by atoms with Crippen LogP contribution in [0.25, 0.3) is 4.85 Å². The molecule has 1 aliphatic carbocycles. The Labute approximate surface area is 161 Å². The van der Waals surface area contributed by atoms with Crippen LogP contribution in [0.5, 0.6) is 0 Å². The molecule has 154 valence electrons. The average Bonchev–Trinajstić information content (AvgIpc) is 3.30. The minimum absolute atomic E-state index is 0.0181. The molecule has 2 N–H and O–H groups in total. The van der Waals surface area contributed by atoms with Crippen molar-refractivity contribution < 1.29 is 29.2 Å². The quantitative estimate of drug-likeness (QED) is 0.655. The summed E-state index contributed by atoms with van der Waals surface area (Å²) in [6, 6.07) is 0.0181. The van der Waals surface area contributed by atoms with Crippen LogP contribution in [0.1, 0.15) is 60.3 Å². The van der Waals surface area contributed by atoms with Gasteiger partial charge in [-0.3, -0.25) is 4.79 Å². The number of hydrogen-bond acceptors (Lipinski definition) is 6. The molecular formula is C20H34NO6+. The molecule has 7 heteroatoms. The summed E-state index contributed by atoms with van der Waals surface area (Å²) in [5, 5.41) is 19.8. The third-order valence-electron chi connectivity index (χ3n) is 5.16. The molecule has 2 rings (SSSR count). The van der Waals surface area contributed by atoms with E-state index < -0.39 is 30.2 Å². The first-order valence-corrected chi connectivity index (χ1v) is 9.81. The third kappa shape index (κ3) is 6.42. The van der Waals surface area contributed by atoms with Crippen molar-refractivity contribution >= 4 is 5.97 Å². The lowest BCUT2D eigenvalue weighted by Gasteiger charge is -2.36. The van der Waals surface area contributed by atoms with E-state index in [0.717, 1.165) is 6.42 Å². The van der Waals surface area contributed by atoms with Crippen molar-refractivity contribution in [2.24, 2.45) is 11.8 Å². The van der Waals surface area contributed by atoms with Gasteiger partial charge in [-0.05, 0) is 47.5 Å². The molecule has 0 aromatic rings. The Hall–Kier alpha value is -1.20. The monoisotopic (exact) mass is 384 g/mol. The largest absolute Gasteiger partial charge is 0.460 e. The van der Waals surface area contributed by atoms with Crippen molar-refractivity contribution in [1.29, 1.82) is 0 Å². The molecule has 0 bridgehead atoms. The molecule has 0 spiro atoms. The van der Waals surface area contributed by atoms with Crippen LogP contribution in [-0.2, 0) is 19.0 Å². The van der Waals surface area contributed by atoms with Crippen LogP contribution >= 0.6 is 0 Å². The number of esters is 1. The smallest absolute Gasteiger partial charge is 0.310 e. The van der Waals surface area contributed by atoms with Gasteiger partial charge in [0.05, 0.1) is 30.1 Å². The fourth-order valence-electron chi connectivity index (χ4n) is 3.47. The second-order valence-electron chi connectivity index (χ2n) is 8.86. The van der Waals surface area contributed by atoms with Crippen molar-refractivity contribution in [3.8, 4) is 6.57 Å². The summed E-state index contributed by atoms with van der Waals surface area (Å²) in [6.45, 7) is 14.6. The van der Waals surface area contributed by atoms with E-state index in [4.69, 9.17) is 20.8 Å². The number of ether oxygens (including phenoxy) is 3. The summed E-state index contributed by atoms with van der Waals surface area (Å²) in [6.07, 6.45) is -0.720. The van der Waals surface area contributed by atoms with Crippen LogP contribution < -0.4 is 0 Å². The molecule has 0 radical (unpaired) electrons. The molecule has 0 aromatic heterocycles. The van der Waals surface area contributed by atoms with Crippen LogP contribution in [0.3, 0.4) is 0 Å². The van der Waals surface area contributed by atoms with Crippen LogP contribution in [0.2, 0.25) is 0 Å². The highest BCUT2D eigenvalue weighted by Crippen LogP contribution is 2.43. The maximum atomic E-state index is 12.6. The number of carbonyl (C=O) groups is 1. The van der Waals surface area contributed by atoms with Gasteiger partial charge in [0.2, 0.25) is 0 Å². The number of hydrogen-bond donors (Lipinski definition) is 2. The summed E-state index contributed by atoms with van der Waals surface area (Å²) in [5.74, 6) is -0.384. The fourth-order valence-corrected chi connectivity index (χ4v) is 3.47. The van der Waals surface area contributed by atoms with Crippen molar-refractivity contribution in [2.45, 2.75) is 103 Å². The van der Waals surface area contributed by atoms with Crippen molar-refractivity contribution in [3.05, 3.63) is 4.85 Å². The van der Waals surface area contributed by atoms with Gasteiger partial charge in [0.1, 0.15) is 11.7 Å². The number of aliphatic hydroxyl groups is 2. The zero-order valence-electron chi connectivity index (χ0n) is 17.0. The molecule has 7 nitrogen and oxygen atoms in total. The SMILES string of the molecule is C#[N+]C1CC1C(CC[C@@H](C)O[C@@H]1O[C@@H](C)[C@H](O)C[C@H]1O)C(=O)OC(C)(C)C. The summed E-state index contributed by atoms with van der Waals surface area (Å²) < 4.78 is 16.9. The zero-order valence-corrected chi connectivity index (χ0v) is 17.0. The standard InChI is InChI=1S/C20H34NO6/c1-11(25-19-17(23)10-16(22)12(2)26-19)7-8-13(14-9-15(14)21-6)18(24)27-20(3,4)5/h6,11-17,19,22-23H,7-10H2,1-5H3/q+1/t11-,12+,13?,14?,15?,16-,17-,19-/m1/s1. The molecule has 3 unspecified atom stereocenters. The highest BCUT2D eigenvalue weighted by Gasteiger charge is 2.55. The second-order valence-corrected chi connectivity index (χ2v) is 8.86. The molecule has 0 aromatic carbocycles. The van der Waals surface area contributed by atoms with Gasteiger partial charge in [0, 0.05) is 12.8 Å². The summed E-state index contributed by atoms with van der Waals surface area (Å²) in [4.78, 5) is 16.4.